The molecular formula is C13H36IO2P. The number of carbonyl (C=O) groups is 1. The number of halogens is 1. The van der Waals surface area contributed by atoms with Gasteiger partial charge in [-0.05, 0) is 5.92 Å². The number of hydrogen-bond acceptors (Lipinski definition) is 1. The van der Waals surface area contributed by atoms with Crippen molar-refractivity contribution in [2.24, 2.45) is 5.92 Å². The van der Waals surface area contributed by atoms with Gasteiger partial charge in [-0.1, -0.05) is 66.7 Å². The Morgan fingerprint density at radius 1 is 1.12 bits per heavy atom. The van der Waals surface area contributed by atoms with Crippen LogP contribution in [0.3, 0.4) is 0 Å². The highest BCUT2D eigenvalue weighted by Crippen LogP contribution is 1.95. The summed E-state index contributed by atoms with van der Waals surface area (Å²) in [5.41, 5.74) is 0. The fourth-order valence-electron chi connectivity index (χ4n) is 0.500. The highest BCUT2D eigenvalue weighted by atomic mass is 127. The van der Waals surface area contributed by atoms with Crippen LogP contribution in [0.1, 0.15) is 75.1 Å². The predicted molar refractivity (Wildman–Crippen MR) is 96.9 cm³/mol. The zero-order valence-electron chi connectivity index (χ0n) is 12.6. The summed E-state index contributed by atoms with van der Waals surface area (Å²) in [6, 6.07) is 0. The molecule has 0 rings (SSSR count). The molecule has 0 heterocycles. The van der Waals surface area contributed by atoms with Crippen LogP contribution in [0.2, 0.25) is 0 Å². The van der Waals surface area contributed by atoms with Gasteiger partial charge in [-0.25, -0.2) is 0 Å². The summed E-state index contributed by atoms with van der Waals surface area (Å²) in [5.74, 6) is 0.0509. The Bertz CT molecular complexity index is 118. The van der Waals surface area contributed by atoms with Crippen LogP contribution in [0, 0.1) is 5.92 Å². The van der Waals surface area contributed by atoms with Gasteiger partial charge in [0.2, 0.25) is 0 Å². The number of carboxylic acid groups (broad SMARTS) is 1. The molecule has 0 saturated heterocycles. The number of rotatable bonds is 4. The molecule has 0 aromatic rings. The highest BCUT2D eigenvalue weighted by molar-refractivity contribution is 14.0. The van der Waals surface area contributed by atoms with Crippen molar-refractivity contribution in [3.05, 3.63) is 0 Å². The molecule has 112 valence electrons. The van der Waals surface area contributed by atoms with Gasteiger partial charge in [0.25, 0.3) is 5.97 Å². The Labute approximate surface area is 130 Å². The van der Waals surface area contributed by atoms with Crippen molar-refractivity contribution < 1.29 is 11.3 Å². The van der Waals surface area contributed by atoms with E-state index >= 15 is 0 Å². The molecule has 0 aliphatic rings. The van der Waals surface area contributed by atoms with E-state index < -0.39 is 5.97 Å². The first kappa shape index (κ1) is 30.6. The van der Waals surface area contributed by atoms with Crippen molar-refractivity contribution >= 4 is 39.8 Å². The topological polar surface area (TPSA) is 37.3 Å². The quantitative estimate of drug-likeness (QED) is 0.387. The van der Waals surface area contributed by atoms with E-state index in [0.717, 1.165) is 12.8 Å². The summed E-state index contributed by atoms with van der Waals surface area (Å²) in [5, 5.41) is 7.42. The van der Waals surface area contributed by atoms with Crippen LogP contribution in [0.25, 0.3) is 0 Å². The normalized spacial score (nSPS) is 7.47. The lowest BCUT2D eigenvalue weighted by Gasteiger charge is -1.90. The molecule has 0 aromatic carbocycles. The summed E-state index contributed by atoms with van der Waals surface area (Å²) in [6.45, 7) is 12.2. The van der Waals surface area contributed by atoms with E-state index in [4.69, 9.17) is 9.90 Å². The van der Waals surface area contributed by atoms with Crippen molar-refractivity contribution in [2.75, 3.05) is 0 Å². The predicted octanol–water partition coefficient (Wildman–Crippen LogP) is 5.65. The lowest BCUT2D eigenvalue weighted by atomic mass is 10.2. The summed E-state index contributed by atoms with van der Waals surface area (Å²) >= 11 is 0. The van der Waals surface area contributed by atoms with Gasteiger partial charge in [0, 0.05) is 8.35 Å². The van der Waals surface area contributed by atoms with E-state index in [-0.39, 0.29) is 35.3 Å². The third kappa shape index (κ3) is 112. The Morgan fingerprint density at radius 3 is 1.35 bits per heavy atom. The van der Waals surface area contributed by atoms with Crippen molar-refractivity contribution in [3.63, 3.8) is 0 Å². The molecule has 0 spiro atoms. The second-order valence-electron chi connectivity index (χ2n) is 4.03. The summed E-state index contributed by atoms with van der Waals surface area (Å²) in [6.07, 6.45) is 6.84. The Morgan fingerprint density at radius 2 is 1.29 bits per heavy atom. The number of unbranched alkanes of at least 4 members (excludes halogenated alkanes) is 3. The van der Waals surface area contributed by atoms with E-state index in [2.05, 4.69) is 34.6 Å². The second-order valence-corrected chi connectivity index (χ2v) is 4.03. The van der Waals surface area contributed by atoms with Gasteiger partial charge in [-0.3, -0.25) is 4.79 Å². The van der Waals surface area contributed by atoms with Crippen LogP contribution >= 0.6 is 33.9 Å². The average Bonchev–Trinajstić information content (AvgIpc) is 2.14. The lowest BCUT2D eigenvalue weighted by Crippen LogP contribution is -1.78. The average molecular weight is 383 g/mol. The fraction of sp³-hybridized carbons (Fsp3) is 0.923. The highest BCUT2D eigenvalue weighted by Gasteiger charge is 1.80. The lowest BCUT2D eigenvalue weighted by molar-refractivity contribution is -0.134. The third-order valence-electron chi connectivity index (χ3n) is 1.77. The van der Waals surface area contributed by atoms with Crippen molar-refractivity contribution in [1.29, 1.82) is 0 Å². The van der Waals surface area contributed by atoms with Crippen LogP contribution < -0.4 is 0 Å². The van der Waals surface area contributed by atoms with Crippen LogP contribution in [0.15, 0.2) is 0 Å². The van der Waals surface area contributed by atoms with Gasteiger partial charge in [-0.2, -0.15) is 9.90 Å². The third-order valence-corrected chi connectivity index (χ3v) is 1.77. The molecule has 0 amide bonds. The molecule has 0 aliphatic carbocycles. The van der Waals surface area contributed by atoms with Crippen molar-refractivity contribution in [1.82, 2.24) is 0 Å². The molecule has 0 saturated carbocycles. The first-order chi connectivity index (χ1) is 6.92. The van der Waals surface area contributed by atoms with Gasteiger partial charge >= 0.3 is 0 Å². The van der Waals surface area contributed by atoms with Crippen LogP contribution in [0.4, 0.5) is 0 Å². The van der Waals surface area contributed by atoms with Gasteiger partial charge in [-0.15, -0.1) is 24.0 Å². The van der Waals surface area contributed by atoms with Gasteiger partial charge in [0.1, 0.15) is 0 Å². The second kappa shape index (κ2) is 30.0. The number of hydrogen-bond donors (Lipinski definition) is 1. The van der Waals surface area contributed by atoms with E-state index in [1.165, 1.54) is 32.1 Å². The monoisotopic (exact) mass is 383 g/mol. The van der Waals surface area contributed by atoms with Gasteiger partial charge in [0.05, 0.1) is 0 Å². The minimum Gasteiger partial charge on any atom is -0.481 e. The molecule has 17 heavy (non-hydrogen) atoms. The summed E-state index contributed by atoms with van der Waals surface area (Å²) in [4.78, 5) is 9.00. The van der Waals surface area contributed by atoms with E-state index in [0.29, 0.717) is 0 Å². The molecule has 0 fully saturated rings. The SMILES string of the molecule is CC(=O)O.CCC(C)C.CCCCCC.I.P.[2HH]. The Kier molecular flexibility index (Phi) is 54.0. The molecule has 4 heteroatoms. The Hall–Kier alpha value is 0.630. The van der Waals surface area contributed by atoms with E-state index in [9.17, 15) is 0 Å². The molecule has 1 unspecified atom stereocenters. The molecular weight excluding hydrogens is 346 g/mol. The molecule has 0 aliphatic heterocycles. The molecule has 0 aromatic heterocycles. The first-order valence-corrected chi connectivity index (χ1v) is 6.11. The minimum atomic E-state index is -0.833. The zero-order valence-corrected chi connectivity index (χ0v) is 16.3. The fourth-order valence-corrected chi connectivity index (χ4v) is 0.500. The van der Waals surface area contributed by atoms with Crippen LogP contribution in [-0.2, 0) is 4.79 Å². The zero-order chi connectivity index (χ0) is 12.7. The maximum atomic E-state index is 9.00. The summed E-state index contributed by atoms with van der Waals surface area (Å²) in [7, 11) is 0. The maximum Gasteiger partial charge on any atom is 0.300 e. The van der Waals surface area contributed by atoms with E-state index in [1.54, 1.807) is 0 Å². The number of aliphatic carboxylic acids is 1. The standard InChI is InChI=1S/C6H14.C5H12.C2H4O2.HI.H3P.H2/c1-3-5-6-4-2;1-4-5(2)3;1-2(3)4;;;/h3-6H2,1-2H3;5H,4H2,1-3H3;1H3,(H,3,4);1H;1H3;1H/i;;;;;1+1. The molecule has 2 nitrogen and oxygen atoms in total. The summed E-state index contributed by atoms with van der Waals surface area (Å²) < 4.78 is 0. The van der Waals surface area contributed by atoms with E-state index in [1.807, 2.05) is 0 Å². The molecule has 0 bridgehead atoms. The van der Waals surface area contributed by atoms with Gasteiger partial charge in [0.15, 0.2) is 0 Å². The van der Waals surface area contributed by atoms with Crippen molar-refractivity contribution in [3.8, 4) is 0 Å². The minimum absolute atomic E-state index is 0. The van der Waals surface area contributed by atoms with Gasteiger partial charge < -0.3 is 5.11 Å². The molecule has 0 radical (unpaired) electrons. The van der Waals surface area contributed by atoms with Crippen molar-refractivity contribution in [2.45, 2.75) is 73.6 Å². The van der Waals surface area contributed by atoms with Crippen LogP contribution in [0.5, 0.6) is 0 Å². The molecule has 1 atom stereocenters. The number of carboxylic acids is 1. The largest absolute Gasteiger partial charge is 0.481 e. The maximum absolute atomic E-state index is 9.00. The smallest absolute Gasteiger partial charge is 0.300 e. The first-order valence-electron chi connectivity index (χ1n) is 6.11. The Balaban J connectivity index is -0.0000000282. The molecule has 1 N–H and O–H groups in total. The van der Waals surface area contributed by atoms with Crippen LogP contribution in [-0.4, -0.2) is 11.1 Å².